The highest BCUT2D eigenvalue weighted by atomic mass is 16.3. The van der Waals surface area contributed by atoms with Gasteiger partial charge in [-0.15, -0.1) is 0 Å². The molecule has 1 aromatic heterocycles. The molecule has 0 bridgehead atoms. The second-order valence-corrected chi connectivity index (χ2v) is 8.73. The summed E-state index contributed by atoms with van der Waals surface area (Å²) in [5, 5.41) is 15.9. The van der Waals surface area contributed by atoms with E-state index in [0.717, 1.165) is 27.5 Å². The Bertz CT molecular complexity index is 1450. The number of carbonyl (C=O) groups excluding carboxylic acids is 1. The highest BCUT2D eigenvalue weighted by molar-refractivity contribution is 5.88. The van der Waals surface area contributed by atoms with Crippen molar-refractivity contribution in [3.63, 3.8) is 0 Å². The third-order valence-corrected chi connectivity index (χ3v) is 6.50. The van der Waals surface area contributed by atoms with Crippen molar-refractivity contribution in [3.8, 4) is 5.75 Å². The summed E-state index contributed by atoms with van der Waals surface area (Å²) in [7, 11) is 0. The SMILES string of the molecule is NCc1c(O)cncc1[C@H](NC(=O)C(c1ccccc1)c1ccccc1)c1ccc2ccccc2c1. The van der Waals surface area contributed by atoms with Crippen molar-refractivity contribution in [1.29, 1.82) is 0 Å². The van der Waals surface area contributed by atoms with E-state index in [1.165, 1.54) is 6.20 Å². The van der Waals surface area contributed by atoms with Crippen LogP contribution in [-0.2, 0) is 11.3 Å². The summed E-state index contributed by atoms with van der Waals surface area (Å²) in [4.78, 5) is 18.2. The number of pyridine rings is 1. The summed E-state index contributed by atoms with van der Waals surface area (Å²) in [5.74, 6) is -0.656. The van der Waals surface area contributed by atoms with Crippen molar-refractivity contribution in [3.05, 3.63) is 143 Å². The summed E-state index contributed by atoms with van der Waals surface area (Å²) in [5.41, 5.74) is 9.92. The van der Waals surface area contributed by atoms with Crippen LogP contribution in [0.15, 0.2) is 116 Å². The summed E-state index contributed by atoms with van der Waals surface area (Å²) in [6.45, 7) is 0.116. The van der Waals surface area contributed by atoms with Crippen molar-refractivity contribution < 1.29 is 9.90 Å². The van der Waals surface area contributed by atoms with E-state index >= 15 is 0 Å². The number of hydrogen-bond acceptors (Lipinski definition) is 4. The molecule has 5 aromatic rings. The number of fused-ring (bicyclic) bond motifs is 1. The third kappa shape index (κ3) is 4.69. The predicted octanol–water partition coefficient (Wildman–Crippen LogP) is 5.44. The Hall–Kier alpha value is -4.48. The molecule has 1 amide bonds. The molecule has 1 atom stereocenters. The molecule has 0 aliphatic carbocycles. The number of nitrogens with two attached hydrogens (primary N) is 1. The van der Waals surface area contributed by atoms with Crippen LogP contribution in [0, 0.1) is 0 Å². The van der Waals surface area contributed by atoms with Gasteiger partial charge in [0.15, 0.2) is 0 Å². The lowest BCUT2D eigenvalue weighted by Crippen LogP contribution is -2.34. The van der Waals surface area contributed by atoms with Gasteiger partial charge in [0.25, 0.3) is 0 Å². The van der Waals surface area contributed by atoms with Crippen molar-refractivity contribution in [2.75, 3.05) is 0 Å². The maximum absolute atomic E-state index is 14.0. The summed E-state index contributed by atoms with van der Waals surface area (Å²) in [6, 6.07) is 33.1. The zero-order chi connectivity index (χ0) is 24.9. The minimum Gasteiger partial charge on any atom is -0.506 e. The molecule has 0 radical (unpaired) electrons. The van der Waals surface area contributed by atoms with E-state index in [-0.39, 0.29) is 18.2 Å². The molecule has 0 spiro atoms. The molecule has 4 aromatic carbocycles. The predicted molar refractivity (Wildman–Crippen MR) is 142 cm³/mol. The second kappa shape index (κ2) is 10.4. The normalized spacial score (nSPS) is 11.9. The van der Waals surface area contributed by atoms with Gasteiger partial charge in [-0.3, -0.25) is 9.78 Å². The average molecular weight is 474 g/mol. The summed E-state index contributed by atoms with van der Waals surface area (Å²) >= 11 is 0. The Morgan fingerprint density at radius 2 is 1.39 bits per heavy atom. The molecule has 5 heteroatoms. The Morgan fingerprint density at radius 1 is 0.778 bits per heavy atom. The van der Waals surface area contributed by atoms with Gasteiger partial charge in [-0.2, -0.15) is 0 Å². The zero-order valence-corrected chi connectivity index (χ0v) is 19.7. The van der Waals surface area contributed by atoms with E-state index in [1.807, 2.05) is 91.0 Å². The topological polar surface area (TPSA) is 88.2 Å². The fourth-order valence-corrected chi connectivity index (χ4v) is 4.70. The van der Waals surface area contributed by atoms with Gasteiger partial charge >= 0.3 is 0 Å². The van der Waals surface area contributed by atoms with Gasteiger partial charge in [0, 0.05) is 23.9 Å². The van der Waals surface area contributed by atoms with E-state index in [1.54, 1.807) is 6.20 Å². The fourth-order valence-electron chi connectivity index (χ4n) is 4.70. The first-order chi connectivity index (χ1) is 17.7. The first-order valence-corrected chi connectivity index (χ1v) is 11.9. The van der Waals surface area contributed by atoms with Gasteiger partial charge in [-0.25, -0.2) is 0 Å². The molecule has 1 heterocycles. The van der Waals surface area contributed by atoms with Crippen LogP contribution in [0.25, 0.3) is 10.8 Å². The summed E-state index contributed by atoms with van der Waals surface area (Å²) in [6.07, 6.45) is 3.05. The Morgan fingerprint density at radius 3 is 2.03 bits per heavy atom. The lowest BCUT2D eigenvalue weighted by molar-refractivity contribution is -0.122. The number of nitrogens with one attached hydrogen (secondary N) is 1. The summed E-state index contributed by atoms with van der Waals surface area (Å²) < 4.78 is 0. The molecule has 0 aliphatic rings. The van der Waals surface area contributed by atoms with Gasteiger partial charge in [0.2, 0.25) is 5.91 Å². The van der Waals surface area contributed by atoms with Gasteiger partial charge in [-0.1, -0.05) is 97.1 Å². The van der Waals surface area contributed by atoms with Crippen molar-refractivity contribution in [1.82, 2.24) is 10.3 Å². The van der Waals surface area contributed by atoms with Crippen molar-refractivity contribution in [2.24, 2.45) is 5.73 Å². The molecule has 5 nitrogen and oxygen atoms in total. The van der Waals surface area contributed by atoms with Crippen LogP contribution in [-0.4, -0.2) is 16.0 Å². The number of aromatic nitrogens is 1. The maximum atomic E-state index is 14.0. The number of amides is 1. The molecule has 0 unspecified atom stereocenters. The number of aromatic hydroxyl groups is 1. The third-order valence-electron chi connectivity index (χ3n) is 6.50. The first-order valence-electron chi connectivity index (χ1n) is 11.9. The Balaban J connectivity index is 1.62. The monoisotopic (exact) mass is 473 g/mol. The highest BCUT2D eigenvalue weighted by Gasteiger charge is 2.28. The molecular formula is C31H27N3O2. The Labute approximate surface area is 210 Å². The van der Waals surface area contributed by atoms with E-state index in [0.29, 0.717) is 11.1 Å². The molecule has 5 rings (SSSR count). The highest BCUT2D eigenvalue weighted by Crippen LogP contribution is 2.33. The van der Waals surface area contributed by atoms with E-state index in [9.17, 15) is 9.90 Å². The van der Waals surface area contributed by atoms with E-state index in [4.69, 9.17) is 5.73 Å². The number of carbonyl (C=O) groups is 1. The smallest absolute Gasteiger partial charge is 0.232 e. The molecule has 36 heavy (non-hydrogen) atoms. The fraction of sp³-hybridized carbons (Fsp3) is 0.0968. The van der Waals surface area contributed by atoms with Gasteiger partial charge in [0.1, 0.15) is 5.75 Å². The molecule has 0 saturated heterocycles. The first kappa shape index (κ1) is 23.3. The minimum atomic E-state index is -0.560. The number of benzene rings is 4. The van der Waals surface area contributed by atoms with E-state index < -0.39 is 12.0 Å². The van der Waals surface area contributed by atoms with Crippen LogP contribution in [0.3, 0.4) is 0 Å². The molecule has 0 fully saturated rings. The molecule has 4 N–H and O–H groups in total. The Kier molecular flexibility index (Phi) is 6.74. The lowest BCUT2D eigenvalue weighted by atomic mass is 9.88. The molecule has 178 valence electrons. The molecular weight excluding hydrogens is 446 g/mol. The van der Waals surface area contributed by atoms with Crippen molar-refractivity contribution >= 4 is 16.7 Å². The van der Waals surface area contributed by atoms with Crippen LogP contribution in [0.1, 0.15) is 39.8 Å². The second-order valence-electron chi connectivity index (χ2n) is 8.73. The average Bonchev–Trinajstić information content (AvgIpc) is 2.93. The largest absolute Gasteiger partial charge is 0.506 e. The van der Waals surface area contributed by atoms with Gasteiger partial charge < -0.3 is 16.2 Å². The zero-order valence-electron chi connectivity index (χ0n) is 19.7. The lowest BCUT2D eigenvalue weighted by Gasteiger charge is -2.26. The van der Waals surface area contributed by atoms with Crippen molar-refractivity contribution in [2.45, 2.75) is 18.5 Å². The van der Waals surface area contributed by atoms with Crippen LogP contribution < -0.4 is 11.1 Å². The molecule has 0 aliphatic heterocycles. The van der Waals surface area contributed by atoms with Crippen LogP contribution in [0.4, 0.5) is 0 Å². The number of hydrogen-bond donors (Lipinski definition) is 3. The van der Waals surface area contributed by atoms with E-state index in [2.05, 4.69) is 22.4 Å². The number of rotatable bonds is 7. The van der Waals surface area contributed by atoms with Crippen LogP contribution in [0.5, 0.6) is 5.75 Å². The van der Waals surface area contributed by atoms with Crippen LogP contribution >= 0.6 is 0 Å². The van der Waals surface area contributed by atoms with Crippen LogP contribution in [0.2, 0.25) is 0 Å². The standard InChI is InChI=1S/C31H27N3O2/c32-18-26-27(19-33-20-28(26)35)30(25-16-15-21-9-7-8-14-24(21)17-25)34-31(36)29(22-10-3-1-4-11-22)23-12-5-2-6-13-23/h1-17,19-20,29-30,35H,18,32H2,(H,34,36)/t30-/m1/s1. The quantitative estimate of drug-likeness (QED) is 0.294. The van der Waals surface area contributed by atoms with Gasteiger partial charge in [-0.05, 0) is 33.5 Å². The minimum absolute atomic E-state index is 0.0118. The maximum Gasteiger partial charge on any atom is 0.232 e. The van der Waals surface area contributed by atoms with Gasteiger partial charge in [0.05, 0.1) is 18.2 Å². The number of nitrogens with zero attached hydrogens (tertiary/aromatic N) is 1. The molecule has 0 saturated carbocycles.